The van der Waals surface area contributed by atoms with E-state index in [9.17, 15) is 13.2 Å². The highest BCUT2D eigenvalue weighted by atomic mass is 19.4. The summed E-state index contributed by atoms with van der Waals surface area (Å²) in [5.41, 5.74) is 2.07. The summed E-state index contributed by atoms with van der Waals surface area (Å²) in [6.45, 7) is 4.67. The van der Waals surface area contributed by atoms with E-state index in [0.29, 0.717) is 30.2 Å². The van der Waals surface area contributed by atoms with E-state index in [1.54, 1.807) is 20.0 Å². The first kappa shape index (κ1) is 15.8. The maximum Gasteiger partial charge on any atom is 0.451 e. The minimum atomic E-state index is -4.54. The molecule has 1 N–H and O–H groups in total. The van der Waals surface area contributed by atoms with Crippen molar-refractivity contribution in [1.82, 2.24) is 20.2 Å². The number of nitrogens with zero attached hydrogens (tertiary/aromatic N) is 4. The predicted octanol–water partition coefficient (Wildman–Crippen LogP) is 3.22. The number of halogens is 3. The van der Waals surface area contributed by atoms with Gasteiger partial charge in [-0.3, -0.25) is 5.10 Å². The molecular weight excluding hydrogens is 307 g/mol. The topological polar surface area (TPSA) is 57.7 Å². The van der Waals surface area contributed by atoms with E-state index in [-0.39, 0.29) is 5.92 Å². The molecule has 0 radical (unpaired) electrons. The zero-order valence-corrected chi connectivity index (χ0v) is 13.0. The Hall–Kier alpha value is -2.12. The van der Waals surface area contributed by atoms with E-state index in [0.717, 1.165) is 18.5 Å². The second-order valence-electron chi connectivity index (χ2n) is 5.88. The minimum absolute atomic E-state index is 0.218. The lowest BCUT2D eigenvalue weighted by Crippen LogP contribution is -2.36. The van der Waals surface area contributed by atoms with E-state index < -0.39 is 12.0 Å². The number of H-pyrrole nitrogens is 1. The number of piperidine rings is 1. The molecule has 0 spiro atoms. The summed E-state index contributed by atoms with van der Waals surface area (Å²) in [5, 5.41) is 6.91. The smallest absolute Gasteiger partial charge is 0.356 e. The molecule has 3 heterocycles. The summed E-state index contributed by atoms with van der Waals surface area (Å²) in [4.78, 5) is 9.32. The van der Waals surface area contributed by atoms with Gasteiger partial charge in [0.25, 0.3) is 0 Å². The average Bonchev–Trinajstić information content (AvgIpc) is 3.03. The molecule has 2 aromatic rings. The van der Waals surface area contributed by atoms with Crippen LogP contribution in [0.25, 0.3) is 0 Å². The van der Waals surface area contributed by atoms with Crippen molar-refractivity contribution in [3.8, 4) is 0 Å². The molecule has 1 atom stereocenters. The Morgan fingerprint density at radius 2 is 2.04 bits per heavy atom. The lowest BCUT2D eigenvalue weighted by Gasteiger charge is -2.34. The van der Waals surface area contributed by atoms with Crippen molar-refractivity contribution in [3.05, 3.63) is 35.0 Å². The van der Waals surface area contributed by atoms with Crippen molar-refractivity contribution in [1.29, 1.82) is 0 Å². The van der Waals surface area contributed by atoms with Gasteiger partial charge >= 0.3 is 6.18 Å². The quantitative estimate of drug-likeness (QED) is 0.921. The summed E-state index contributed by atoms with van der Waals surface area (Å²) >= 11 is 0. The Labute approximate surface area is 131 Å². The van der Waals surface area contributed by atoms with Gasteiger partial charge in [0.05, 0.1) is 0 Å². The van der Waals surface area contributed by atoms with Crippen molar-refractivity contribution in [2.24, 2.45) is 0 Å². The number of hydrogen-bond acceptors (Lipinski definition) is 4. The molecule has 23 heavy (non-hydrogen) atoms. The molecule has 8 heteroatoms. The van der Waals surface area contributed by atoms with Gasteiger partial charge < -0.3 is 4.90 Å². The summed E-state index contributed by atoms with van der Waals surface area (Å²) in [6.07, 6.45) is -0.969. The van der Waals surface area contributed by atoms with Gasteiger partial charge in [-0.05, 0) is 32.8 Å². The van der Waals surface area contributed by atoms with Crippen LogP contribution in [0.1, 0.15) is 41.5 Å². The van der Waals surface area contributed by atoms with E-state index >= 15 is 0 Å². The van der Waals surface area contributed by atoms with Crippen LogP contribution in [-0.4, -0.2) is 33.3 Å². The van der Waals surface area contributed by atoms with Gasteiger partial charge in [-0.1, -0.05) is 0 Å². The van der Waals surface area contributed by atoms with Crippen molar-refractivity contribution in [2.75, 3.05) is 18.0 Å². The Balaban J connectivity index is 1.93. The van der Waals surface area contributed by atoms with Gasteiger partial charge in [-0.15, -0.1) is 0 Å². The lowest BCUT2D eigenvalue weighted by atomic mass is 9.94. The Morgan fingerprint density at radius 1 is 1.26 bits per heavy atom. The molecule has 0 aromatic carbocycles. The molecule has 0 saturated carbocycles. The van der Waals surface area contributed by atoms with E-state index in [2.05, 4.69) is 20.2 Å². The monoisotopic (exact) mass is 325 g/mol. The van der Waals surface area contributed by atoms with Gasteiger partial charge in [0.1, 0.15) is 5.82 Å². The zero-order valence-electron chi connectivity index (χ0n) is 13.0. The third kappa shape index (κ3) is 3.16. The molecule has 1 saturated heterocycles. The number of aryl methyl sites for hydroxylation is 1. The largest absolute Gasteiger partial charge is 0.451 e. The molecule has 1 aliphatic heterocycles. The standard InChI is InChI=1S/C15H18F3N5/c1-9-10(2)20-14(15(16,17)18)21-13(9)23-7-3-4-11(8-23)12-5-6-19-22-12/h5-6,11H,3-4,7-8H2,1-2H3,(H,19,22)/t11-/m1/s1. The van der Waals surface area contributed by atoms with Crippen LogP contribution in [0.15, 0.2) is 12.3 Å². The van der Waals surface area contributed by atoms with Crippen LogP contribution < -0.4 is 4.90 Å². The van der Waals surface area contributed by atoms with Gasteiger partial charge in [0, 0.05) is 42.2 Å². The molecule has 0 amide bonds. The molecule has 0 bridgehead atoms. The first-order valence-electron chi connectivity index (χ1n) is 7.53. The molecule has 2 aromatic heterocycles. The maximum absolute atomic E-state index is 13.0. The van der Waals surface area contributed by atoms with Gasteiger partial charge in [-0.25, -0.2) is 9.97 Å². The number of nitrogens with one attached hydrogen (secondary N) is 1. The SMILES string of the molecule is Cc1nc(C(F)(F)F)nc(N2CCC[C@@H](c3ccn[nH]3)C2)c1C. The number of hydrogen-bond donors (Lipinski definition) is 1. The second-order valence-corrected chi connectivity index (χ2v) is 5.88. The molecule has 0 unspecified atom stereocenters. The highest BCUT2D eigenvalue weighted by Gasteiger charge is 2.36. The summed E-state index contributed by atoms with van der Waals surface area (Å²) in [5.74, 6) is -0.469. The third-order valence-electron chi connectivity index (χ3n) is 4.30. The number of alkyl halides is 3. The molecule has 5 nitrogen and oxygen atoms in total. The number of aromatic nitrogens is 4. The number of rotatable bonds is 2. The maximum atomic E-state index is 13.0. The highest BCUT2D eigenvalue weighted by molar-refractivity contribution is 5.49. The first-order chi connectivity index (χ1) is 10.9. The van der Waals surface area contributed by atoms with Crippen LogP contribution in [0, 0.1) is 13.8 Å². The fourth-order valence-electron chi connectivity index (χ4n) is 2.97. The Kier molecular flexibility index (Phi) is 3.99. The lowest BCUT2D eigenvalue weighted by molar-refractivity contribution is -0.145. The molecule has 124 valence electrons. The van der Waals surface area contributed by atoms with Gasteiger partial charge in [0.15, 0.2) is 0 Å². The van der Waals surface area contributed by atoms with Crippen molar-refractivity contribution >= 4 is 5.82 Å². The van der Waals surface area contributed by atoms with E-state index in [1.807, 2.05) is 11.0 Å². The summed E-state index contributed by atoms with van der Waals surface area (Å²) in [7, 11) is 0. The average molecular weight is 325 g/mol. The van der Waals surface area contributed by atoms with Crippen LogP contribution in [0.4, 0.5) is 19.0 Å². The second kappa shape index (κ2) is 5.82. The summed E-state index contributed by atoms with van der Waals surface area (Å²) < 4.78 is 39.0. The van der Waals surface area contributed by atoms with Crippen LogP contribution in [0.2, 0.25) is 0 Å². The predicted molar refractivity (Wildman–Crippen MR) is 79.3 cm³/mol. The normalized spacial score (nSPS) is 19.2. The Bertz CT molecular complexity index is 681. The van der Waals surface area contributed by atoms with Crippen molar-refractivity contribution in [3.63, 3.8) is 0 Å². The molecule has 3 rings (SSSR count). The summed E-state index contributed by atoms with van der Waals surface area (Å²) in [6, 6.07) is 1.91. The van der Waals surface area contributed by atoms with Crippen molar-refractivity contribution in [2.45, 2.75) is 38.8 Å². The Morgan fingerprint density at radius 3 is 2.70 bits per heavy atom. The third-order valence-corrected chi connectivity index (χ3v) is 4.30. The highest BCUT2D eigenvalue weighted by Crippen LogP contribution is 2.33. The van der Waals surface area contributed by atoms with Crippen LogP contribution in [-0.2, 0) is 6.18 Å². The fourth-order valence-corrected chi connectivity index (χ4v) is 2.97. The molecule has 1 aliphatic rings. The molecular formula is C15H18F3N5. The first-order valence-corrected chi connectivity index (χ1v) is 7.53. The number of aromatic amines is 1. The van der Waals surface area contributed by atoms with Gasteiger partial charge in [0.2, 0.25) is 5.82 Å². The van der Waals surface area contributed by atoms with E-state index in [1.165, 1.54) is 0 Å². The molecule has 1 fully saturated rings. The number of anilines is 1. The van der Waals surface area contributed by atoms with E-state index in [4.69, 9.17) is 0 Å². The van der Waals surface area contributed by atoms with Crippen LogP contribution in [0.5, 0.6) is 0 Å². The fraction of sp³-hybridized carbons (Fsp3) is 0.533. The van der Waals surface area contributed by atoms with Gasteiger partial charge in [-0.2, -0.15) is 18.3 Å². The molecule has 0 aliphatic carbocycles. The van der Waals surface area contributed by atoms with Crippen LogP contribution in [0.3, 0.4) is 0 Å². The zero-order chi connectivity index (χ0) is 16.6. The minimum Gasteiger partial charge on any atom is -0.356 e. The van der Waals surface area contributed by atoms with Crippen molar-refractivity contribution < 1.29 is 13.2 Å². The van der Waals surface area contributed by atoms with Crippen LogP contribution >= 0.6 is 0 Å².